The van der Waals surface area contributed by atoms with Crippen molar-refractivity contribution in [3.8, 4) is 0 Å². The summed E-state index contributed by atoms with van der Waals surface area (Å²) in [6, 6.07) is 21.6. The SMILES string of the molecule is Cc1cccc(C(=O)Nc2cccc(C(=O)Nc3cnc(Cc4cccc(N)c4)nc3)c2)c1. The van der Waals surface area contributed by atoms with Crippen LogP contribution in [0.3, 0.4) is 0 Å². The Morgan fingerprint density at radius 2 is 1.42 bits per heavy atom. The normalized spacial score (nSPS) is 10.5. The zero-order valence-electron chi connectivity index (χ0n) is 18.1. The third-order valence-corrected chi connectivity index (χ3v) is 4.94. The van der Waals surface area contributed by atoms with Crippen molar-refractivity contribution in [2.75, 3.05) is 16.4 Å². The van der Waals surface area contributed by atoms with Crippen LogP contribution in [0.4, 0.5) is 17.1 Å². The quantitative estimate of drug-likeness (QED) is 0.386. The average molecular weight is 438 g/mol. The summed E-state index contributed by atoms with van der Waals surface area (Å²) in [5.41, 5.74) is 10.5. The smallest absolute Gasteiger partial charge is 0.255 e. The van der Waals surface area contributed by atoms with Crippen LogP contribution in [0.25, 0.3) is 0 Å². The van der Waals surface area contributed by atoms with Gasteiger partial charge in [0.1, 0.15) is 5.82 Å². The molecular weight excluding hydrogens is 414 g/mol. The van der Waals surface area contributed by atoms with E-state index in [-0.39, 0.29) is 11.8 Å². The van der Waals surface area contributed by atoms with E-state index in [1.165, 1.54) is 0 Å². The Kier molecular flexibility index (Phi) is 6.40. The Hall–Kier alpha value is -4.52. The molecule has 0 unspecified atom stereocenters. The van der Waals surface area contributed by atoms with Gasteiger partial charge in [0, 0.05) is 28.9 Å². The number of aryl methyl sites for hydroxylation is 1. The lowest BCUT2D eigenvalue weighted by Crippen LogP contribution is -2.15. The molecule has 7 heteroatoms. The number of nitrogens with zero attached hydrogens (tertiary/aromatic N) is 2. The van der Waals surface area contributed by atoms with Gasteiger partial charge in [0.2, 0.25) is 0 Å². The second kappa shape index (κ2) is 9.74. The van der Waals surface area contributed by atoms with E-state index in [0.29, 0.717) is 40.4 Å². The van der Waals surface area contributed by atoms with Gasteiger partial charge in [-0.15, -0.1) is 0 Å². The fraction of sp³-hybridized carbons (Fsp3) is 0.0769. The lowest BCUT2D eigenvalue weighted by Gasteiger charge is -2.09. The fourth-order valence-electron chi connectivity index (χ4n) is 3.33. The molecule has 7 nitrogen and oxygen atoms in total. The highest BCUT2D eigenvalue weighted by Gasteiger charge is 2.11. The summed E-state index contributed by atoms with van der Waals surface area (Å²) in [6.45, 7) is 1.93. The van der Waals surface area contributed by atoms with Crippen molar-refractivity contribution in [1.29, 1.82) is 0 Å². The van der Waals surface area contributed by atoms with Gasteiger partial charge in [-0.1, -0.05) is 35.9 Å². The molecule has 0 atom stereocenters. The first-order chi connectivity index (χ1) is 16.0. The number of nitrogens with one attached hydrogen (secondary N) is 2. The number of nitrogen functional groups attached to an aromatic ring is 1. The molecule has 1 heterocycles. The van der Waals surface area contributed by atoms with E-state index in [9.17, 15) is 9.59 Å². The second-order valence-corrected chi connectivity index (χ2v) is 7.67. The lowest BCUT2D eigenvalue weighted by molar-refractivity contribution is 0.101. The molecule has 0 aliphatic carbocycles. The summed E-state index contributed by atoms with van der Waals surface area (Å²) < 4.78 is 0. The standard InChI is InChI=1S/C26H23N5O2/c1-17-5-2-7-19(11-17)25(32)30-22-10-4-8-20(14-22)26(33)31-23-15-28-24(29-16-23)13-18-6-3-9-21(27)12-18/h2-12,14-16H,13,27H2,1H3,(H,30,32)(H,31,33). The zero-order chi connectivity index (χ0) is 23.2. The lowest BCUT2D eigenvalue weighted by atomic mass is 10.1. The van der Waals surface area contributed by atoms with Crippen molar-refractivity contribution >= 4 is 28.9 Å². The van der Waals surface area contributed by atoms with Crippen LogP contribution in [0, 0.1) is 6.92 Å². The van der Waals surface area contributed by atoms with E-state index in [1.807, 2.05) is 49.4 Å². The van der Waals surface area contributed by atoms with Gasteiger partial charge in [-0.05, 0) is 55.0 Å². The highest BCUT2D eigenvalue weighted by Crippen LogP contribution is 2.16. The number of carbonyl (C=O) groups excluding carboxylic acids is 2. The number of anilines is 3. The number of rotatable bonds is 6. The van der Waals surface area contributed by atoms with Gasteiger partial charge in [0.05, 0.1) is 18.1 Å². The Labute approximate surface area is 191 Å². The minimum atomic E-state index is -0.325. The molecule has 0 spiro atoms. The van der Waals surface area contributed by atoms with E-state index >= 15 is 0 Å². The first-order valence-corrected chi connectivity index (χ1v) is 10.4. The summed E-state index contributed by atoms with van der Waals surface area (Å²) in [5.74, 6) is 0.0636. The molecule has 33 heavy (non-hydrogen) atoms. The summed E-state index contributed by atoms with van der Waals surface area (Å²) in [7, 11) is 0. The zero-order valence-corrected chi connectivity index (χ0v) is 18.1. The summed E-state index contributed by atoms with van der Waals surface area (Å²) >= 11 is 0. The highest BCUT2D eigenvalue weighted by atomic mass is 16.2. The van der Waals surface area contributed by atoms with E-state index in [0.717, 1.165) is 11.1 Å². The van der Waals surface area contributed by atoms with Crippen molar-refractivity contribution in [3.05, 3.63) is 113 Å². The van der Waals surface area contributed by atoms with Crippen LogP contribution in [0.2, 0.25) is 0 Å². The monoisotopic (exact) mass is 437 g/mol. The molecule has 0 radical (unpaired) electrons. The second-order valence-electron chi connectivity index (χ2n) is 7.67. The number of amides is 2. The van der Waals surface area contributed by atoms with E-state index in [2.05, 4.69) is 20.6 Å². The molecule has 4 N–H and O–H groups in total. The topological polar surface area (TPSA) is 110 Å². The van der Waals surface area contributed by atoms with Crippen molar-refractivity contribution in [1.82, 2.24) is 9.97 Å². The molecule has 2 amide bonds. The van der Waals surface area contributed by atoms with E-state index < -0.39 is 0 Å². The Balaban J connectivity index is 1.39. The molecule has 0 aliphatic rings. The van der Waals surface area contributed by atoms with Gasteiger partial charge in [-0.25, -0.2) is 9.97 Å². The van der Waals surface area contributed by atoms with Crippen LogP contribution in [-0.4, -0.2) is 21.8 Å². The summed E-state index contributed by atoms with van der Waals surface area (Å²) in [4.78, 5) is 33.8. The van der Waals surface area contributed by atoms with Gasteiger partial charge in [-0.2, -0.15) is 0 Å². The van der Waals surface area contributed by atoms with Crippen LogP contribution in [0.1, 0.15) is 37.7 Å². The van der Waals surface area contributed by atoms with Crippen molar-refractivity contribution < 1.29 is 9.59 Å². The minimum absolute atomic E-state index is 0.236. The van der Waals surface area contributed by atoms with Gasteiger partial charge in [0.15, 0.2) is 0 Å². The number of hydrogen-bond donors (Lipinski definition) is 3. The maximum absolute atomic E-state index is 12.7. The summed E-state index contributed by atoms with van der Waals surface area (Å²) in [5, 5.41) is 5.61. The van der Waals surface area contributed by atoms with Gasteiger partial charge < -0.3 is 16.4 Å². The van der Waals surface area contributed by atoms with Crippen LogP contribution < -0.4 is 16.4 Å². The first-order valence-electron chi connectivity index (χ1n) is 10.4. The van der Waals surface area contributed by atoms with Crippen molar-refractivity contribution in [2.24, 2.45) is 0 Å². The predicted octanol–water partition coefficient (Wildman–Crippen LogP) is 4.46. The number of hydrogen-bond acceptors (Lipinski definition) is 5. The Bertz CT molecular complexity index is 1300. The largest absolute Gasteiger partial charge is 0.399 e. The highest BCUT2D eigenvalue weighted by molar-refractivity contribution is 6.07. The molecule has 1 aromatic heterocycles. The van der Waals surface area contributed by atoms with Crippen LogP contribution in [-0.2, 0) is 6.42 Å². The molecule has 0 saturated heterocycles. The maximum atomic E-state index is 12.7. The Morgan fingerprint density at radius 1 is 0.788 bits per heavy atom. The third-order valence-electron chi connectivity index (χ3n) is 4.94. The summed E-state index contributed by atoms with van der Waals surface area (Å²) in [6.07, 6.45) is 3.67. The molecule has 0 saturated carbocycles. The molecule has 0 aliphatic heterocycles. The van der Waals surface area contributed by atoms with Crippen molar-refractivity contribution in [2.45, 2.75) is 13.3 Å². The fourth-order valence-corrected chi connectivity index (χ4v) is 3.33. The minimum Gasteiger partial charge on any atom is -0.399 e. The van der Waals surface area contributed by atoms with E-state index in [4.69, 9.17) is 5.73 Å². The average Bonchev–Trinajstić information content (AvgIpc) is 2.80. The number of carbonyl (C=O) groups is 2. The van der Waals surface area contributed by atoms with E-state index in [1.54, 1.807) is 42.7 Å². The number of nitrogens with two attached hydrogens (primary N) is 1. The van der Waals surface area contributed by atoms with Crippen LogP contribution >= 0.6 is 0 Å². The first kappa shape index (κ1) is 21.7. The molecule has 4 aromatic rings. The number of benzene rings is 3. The molecule has 0 fully saturated rings. The third kappa shape index (κ3) is 5.80. The molecule has 4 rings (SSSR count). The van der Waals surface area contributed by atoms with Gasteiger partial charge in [-0.3, -0.25) is 9.59 Å². The van der Waals surface area contributed by atoms with Gasteiger partial charge in [0.25, 0.3) is 11.8 Å². The predicted molar refractivity (Wildman–Crippen MR) is 129 cm³/mol. The van der Waals surface area contributed by atoms with Crippen LogP contribution in [0.5, 0.6) is 0 Å². The molecule has 0 bridgehead atoms. The molecule has 3 aromatic carbocycles. The van der Waals surface area contributed by atoms with Crippen LogP contribution in [0.15, 0.2) is 85.2 Å². The molecular formula is C26H23N5O2. The maximum Gasteiger partial charge on any atom is 0.255 e. The Morgan fingerprint density at radius 3 is 2.12 bits per heavy atom. The molecule has 164 valence electrons. The van der Waals surface area contributed by atoms with Gasteiger partial charge >= 0.3 is 0 Å². The van der Waals surface area contributed by atoms with Crippen molar-refractivity contribution in [3.63, 3.8) is 0 Å². The number of aromatic nitrogens is 2.